The van der Waals surface area contributed by atoms with Crippen LogP contribution in [0.2, 0.25) is 0 Å². The fourth-order valence-electron chi connectivity index (χ4n) is 6.30. The van der Waals surface area contributed by atoms with Gasteiger partial charge in [-0.25, -0.2) is 0 Å². The van der Waals surface area contributed by atoms with Crippen LogP contribution in [-0.2, 0) is 52.4 Å². The zero-order valence-electron chi connectivity index (χ0n) is 32.7. The van der Waals surface area contributed by atoms with E-state index in [0.717, 1.165) is 22.3 Å². The summed E-state index contributed by atoms with van der Waals surface area (Å²) in [6.07, 6.45) is 1.10. The molecule has 0 spiro atoms. The molecule has 0 unspecified atom stereocenters. The van der Waals surface area contributed by atoms with Gasteiger partial charge in [-0.05, 0) is 68.7 Å². The lowest BCUT2D eigenvalue weighted by molar-refractivity contribution is -0.156. The maximum atomic E-state index is 13.9. The minimum Gasteiger partial charge on any atom is -0.465 e. The van der Waals surface area contributed by atoms with Crippen LogP contribution in [0, 0.1) is 5.92 Å². The van der Waals surface area contributed by atoms with E-state index in [-0.39, 0.29) is 69.0 Å². The highest BCUT2D eigenvalue weighted by atomic mass is 16.6. The molecule has 0 radical (unpaired) electrons. The van der Waals surface area contributed by atoms with E-state index < -0.39 is 35.4 Å². The first-order chi connectivity index (χ1) is 25.9. The van der Waals surface area contributed by atoms with Gasteiger partial charge in [0.1, 0.15) is 18.0 Å². The quantitative estimate of drug-likeness (QED) is 0.0876. The van der Waals surface area contributed by atoms with Crippen molar-refractivity contribution in [1.29, 1.82) is 0 Å². The third-order valence-electron chi connectivity index (χ3n) is 9.01. The fourth-order valence-corrected chi connectivity index (χ4v) is 6.30. The molecule has 0 bridgehead atoms. The van der Waals surface area contributed by atoms with Gasteiger partial charge < -0.3 is 33.7 Å². The molecule has 12 nitrogen and oxygen atoms in total. The summed E-state index contributed by atoms with van der Waals surface area (Å²) in [5.74, 6) is -3.13. The lowest BCUT2D eigenvalue weighted by Crippen LogP contribution is -2.44. The van der Waals surface area contributed by atoms with Crippen LogP contribution in [0.15, 0.2) is 48.5 Å². The maximum Gasteiger partial charge on any atom is 0.306 e. The van der Waals surface area contributed by atoms with Gasteiger partial charge in [0, 0.05) is 65.0 Å². The van der Waals surface area contributed by atoms with Gasteiger partial charge >= 0.3 is 11.9 Å². The van der Waals surface area contributed by atoms with Gasteiger partial charge in [-0.15, -0.1) is 0 Å². The monoisotopic (exact) mass is 753 g/mol. The van der Waals surface area contributed by atoms with E-state index >= 15 is 0 Å². The molecule has 12 heteroatoms. The Kier molecular flexibility index (Phi) is 19.5. The number of rotatable bonds is 27. The summed E-state index contributed by atoms with van der Waals surface area (Å²) >= 11 is 0. The van der Waals surface area contributed by atoms with Crippen LogP contribution >= 0.6 is 0 Å². The molecule has 0 heterocycles. The number of Topliss-reactive ketones (excluding diaryl/α,β-unsaturated/α-hetero) is 2. The highest BCUT2D eigenvalue weighted by Gasteiger charge is 2.32. The van der Waals surface area contributed by atoms with E-state index in [2.05, 4.69) is 5.32 Å². The lowest BCUT2D eigenvalue weighted by Gasteiger charge is -2.23. The van der Waals surface area contributed by atoms with E-state index in [1.54, 1.807) is 35.0 Å². The van der Waals surface area contributed by atoms with Crippen molar-refractivity contribution in [3.05, 3.63) is 59.7 Å². The van der Waals surface area contributed by atoms with E-state index in [1.807, 2.05) is 48.5 Å². The largest absolute Gasteiger partial charge is 0.465 e. The number of nitrogens with one attached hydrogen (secondary N) is 1. The molecule has 2 aromatic carbocycles. The number of carbonyl (C=O) groups excluding carboxylic acids is 5. The Labute approximate surface area is 319 Å². The Bertz CT molecular complexity index is 1460. The van der Waals surface area contributed by atoms with Crippen molar-refractivity contribution in [3.63, 3.8) is 0 Å². The Balaban J connectivity index is 1.69. The van der Waals surface area contributed by atoms with Crippen LogP contribution in [0.1, 0.15) is 95.6 Å². The summed E-state index contributed by atoms with van der Waals surface area (Å²) < 4.78 is 32.2. The van der Waals surface area contributed by atoms with Crippen LogP contribution in [-0.4, -0.2) is 102 Å². The van der Waals surface area contributed by atoms with Crippen molar-refractivity contribution in [3.8, 4) is 11.1 Å². The summed E-state index contributed by atoms with van der Waals surface area (Å²) in [5, 5.41) is 2.82. The van der Waals surface area contributed by atoms with Crippen LogP contribution in [0.25, 0.3) is 11.1 Å². The average molecular weight is 754 g/mol. The van der Waals surface area contributed by atoms with Crippen LogP contribution in [0.3, 0.4) is 0 Å². The minimum absolute atomic E-state index is 0.00118. The fraction of sp³-hybridized carbons (Fsp3) is 0.595. The van der Waals surface area contributed by atoms with Crippen molar-refractivity contribution in [1.82, 2.24) is 5.32 Å². The van der Waals surface area contributed by atoms with E-state index in [4.69, 9.17) is 28.4 Å². The molecule has 54 heavy (non-hydrogen) atoms. The lowest BCUT2D eigenvalue weighted by atomic mass is 9.95. The number of esters is 2. The van der Waals surface area contributed by atoms with Gasteiger partial charge in [-0.1, -0.05) is 48.5 Å². The molecule has 2 aromatic rings. The molecule has 0 aromatic heterocycles. The second-order valence-electron chi connectivity index (χ2n) is 14.5. The summed E-state index contributed by atoms with van der Waals surface area (Å²) in [7, 11) is 3.16. The molecule has 1 amide bonds. The van der Waals surface area contributed by atoms with Crippen molar-refractivity contribution < 1.29 is 52.4 Å². The molecular formula is C42H59NO11. The van der Waals surface area contributed by atoms with Crippen molar-refractivity contribution in [2.24, 2.45) is 5.92 Å². The first-order valence-electron chi connectivity index (χ1n) is 19.0. The SMILES string of the molecule is COCCOCCCC(=O)CC[C@H](NC(=O)[C@H](CCC(=O)OC(C)(C)C)CC(=O)OCC1c2ccccc2-c2ccccc21)C(=O)CCCOCCOC. The number of amides is 1. The molecule has 3 rings (SSSR count). The summed E-state index contributed by atoms with van der Waals surface area (Å²) in [6, 6.07) is 15.0. The zero-order valence-corrected chi connectivity index (χ0v) is 32.7. The number of carbonyl (C=O) groups is 5. The standard InChI is InChI=1S/C42H59NO11/c1-42(2,3)54-39(46)21-18-30(28-40(47)53-29-36-34-15-8-6-13-32(34)33-14-7-9-16-35(33)36)41(48)43-37(38(45)17-11-23-52-27-25-50-5)20-19-31(44)12-10-22-51-26-24-49-4/h6-9,13-16,30,36-37H,10-12,17-29H2,1-5H3,(H,43,48)/t30-,37+/m1/s1. The molecule has 1 aliphatic carbocycles. The van der Waals surface area contributed by atoms with Gasteiger partial charge in [0.05, 0.1) is 38.9 Å². The predicted octanol–water partition coefficient (Wildman–Crippen LogP) is 5.76. The molecule has 0 saturated heterocycles. The summed E-state index contributed by atoms with van der Waals surface area (Å²) in [4.78, 5) is 66.2. The van der Waals surface area contributed by atoms with Crippen LogP contribution in [0.4, 0.5) is 0 Å². The molecular weight excluding hydrogens is 694 g/mol. The van der Waals surface area contributed by atoms with Crippen molar-refractivity contribution in [2.45, 2.75) is 96.1 Å². The number of ether oxygens (including phenoxy) is 6. The van der Waals surface area contributed by atoms with Crippen LogP contribution < -0.4 is 5.32 Å². The topological polar surface area (TPSA) is 153 Å². The average Bonchev–Trinajstić information content (AvgIpc) is 3.46. The molecule has 0 fully saturated rings. The maximum absolute atomic E-state index is 13.9. The first-order valence-corrected chi connectivity index (χ1v) is 19.0. The molecule has 0 aliphatic heterocycles. The number of benzene rings is 2. The zero-order chi connectivity index (χ0) is 39.3. The smallest absolute Gasteiger partial charge is 0.306 e. The van der Waals surface area contributed by atoms with Gasteiger partial charge in [-0.3, -0.25) is 24.0 Å². The van der Waals surface area contributed by atoms with Crippen molar-refractivity contribution in [2.75, 3.05) is 60.5 Å². The first kappa shape index (κ1) is 44.4. The number of hydrogen-bond acceptors (Lipinski definition) is 11. The van der Waals surface area contributed by atoms with E-state index in [1.165, 1.54) is 0 Å². The number of fused-ring (bicyclic) bond motifs is 3. The molecule has 0 saturated carbocycles. The number of hydrogen-bond donors (Lipinski definition) is 1. The molecule has 298 valence electrons. The normalized spacial score (nSPS) is 13.4. The van der Waals surface area contributed by atoms with Gasteiger partial charge in [0.2, 0.25) is 5.91 Å². The van der Waals surface area contributed by atoms with E-state index in [0.29, 0.717) is 52.5 Å². The molecule has 1 N–H and O–H groups in total. The summed E-state index contributed by atoms with van der Waals surface area (Å²) in [5.41, 5.74) is 3.58. The Hall–Kier alpha value is -3.97. The van der Waals surface area contributed by atoms with Gasteiger partial charge in [0.25, 0.3) is 0 Å². The second-order valence-corrected chi connectivity index (χ2v) is 14.5. The minimum atomic E-state index is -0.985. The highest BCUT2D eigenvalue weighted by Crippen LogP contribution is 2.44. The van der Waals surface area contributed by atoms with Crippen molar-refractivity contribution >= 4 is 29.4 Å². The molecule has 2 atom stereocenters. The van der Waals surface area contributed by atoms with E-state index in [9.17, 15) is 24.0 Å². The Morgan fingerprint density at radius 2 is 1.26 bits per heavy atom. The summed E-state index contributed by atoms with van der Waals surface area (Å²) in [6.45, 7) is 7.80. The third-order valence-corrected chi connectivity index (χ3v) is 9.01. The highest BCUT2D eigenvalue weighted by molar-refractivity contribution is 5.92. The van der Waals surface area contributed by atoms with Gasteiger partial charge in [0.15, 0.2) is 5.78 Å². The number of methoxy groups -OCH3 is 2. The predicted molar refractivity (Wildman–Crippen MR) is 203 cm³/mol. The van der Waals surface area contributed by atoms with Gasteiger partial charge in [-0.2, -0.15) is 0 Å². The third kappa shape index (κ3) is 15.8. The van der Waals surface area contributed by atoms with Crippen LogP contribution in [0.5, 0.6) is 0 Å². The molecule has 1 aliphatic rings. The Morgan fingerprint density at radius 1 is 0.685 bits per heavy atom. The Morgan fingerprint density at radius 3 is 1.83 bits per heavy atom. The number of ketones is 2. The second kappa shape index (κ2) is 23.7.